The first-order valence-electron chi connectivity index (χ1n) is 8.65. The number of nitrogens with zero attached hydrogens (tertiary/aromatic N) is 1. The summed E-state index contributed by atoms with van der Waals surface area (Å²) in [7, 11) is 0. The third-order valence-corrected chi connectivity index (χ3v) is 4.34. The summed E-state index contributed by atoms with van der Waals surface area (Å²) in [6, 6.07) is 15.7. The van der Waals surface area contributed by atoms with Crippen molar-refractivity contribution in [2.24, 2.45) is 0 Å². The predicted molar refractivity (Wildman–Crippen MR) is 99.4 cm³/mol. The molecule has 126 valence electrons. The van der Waals surface area contributed by atoms with Gasteiger partial charge in [-0.1, -0.05) is 30.7 Å². The van der Waals surface area contributed by atoms with Crippen molar-refractivity contribution in [3.8, 4) is 0 Å². The summed E-state index contributed by atoms with van der Waals surface area (Å²) >= 11 is 0. The van der Waals surface area contributed by atoms with Crippen molar-refractivity contribution in [1.29, 1.82) is 0 Å². The Balaban J connectivity index is 1.52. The van der Waals surface area contributed by atoms with Gasteiger partial charge in [0.1, 0.15) is 0 Å². The normalized spacial score (nSPS) is 15.0. The molecular formula is C20H25N3O. The Hall–Kier alpha value is -2.33. The highest BCUT2D eigenvalue weighted by Gasteiger charge is 2.10. The first-order chi connectivity index (χ1) is 11.7. The van der Waals surface area contributed by atoms with E-state index in [1.54, 1.807) is 0 Å². The zero-order valence-electron chi connectivity index (χ0n) is 14.2. The summed E-state index contributed by atoms with van der Waals surface area (Å²) in [5.41, 5.74) is 4.02. The molecule has 24 heavy (non-hydrogen) atoms. The zero-order valence-corrected chi connectivity index (χ0v) is 14.2. The highest BCUT2D eigenvalue weighted by molar-refractivity contribution is 5.99. The molecule has 0 bridgehead atoms. The van der Waals surface area contributed by atoms with Gasteiger partial charge in [0, 0.05) is 17.9 Å². The average molecular weight is 323 g/mol. The van der Waals surface area contributed by atoms with Crippen LogP contribution in [0, 0.1) is 6.92 Å². The van der Waals surface area contributed by atoms with Crippen molar-refractivity contribution >= 4 is 17.4 Å². The molecule has 3 rings (SSSR count). The number of likely N-dealkylation sites (tertiary alicyclic amines) is 1. The van der Waals surface area contributed by atoms with E-state index < -0.39 is 0 Å². The van der Waals surface area contributed by atoms with Gasteiger partial charge in [-0.05, 0) is 68.2 Å². The van der Waals surface area contributed by atoms with Gasteiger partial charge in [0.25, 0.3) is 0 Å². The van der Waals surface area contributed by atoms with Crippen LogP contribution >= 0.6 is 0 Å². The molecule has 4 nitrogen and oxygen atoms in total. The second-order valence-electron chi connectivity index (χ2n) is 6.48. The Kier molecular flexibility index (Phi) is 5.49. The smallest absolute Gasteiger partial charge is 0.308 e. The molecule has 1 heterocycles. The van der Waals surface area contributed by atoms with Gasteiger partial charge in [-0.25, -0.2) is 4.79 Å². The summed E-state index contributed by atoms with van der Waals surface area (Å²) in [6.07, 6.45) is 3.97. The number of rotatable bonds is 4. The van der Waals surface area contributed by atoms with Crippen LogP contribution in [0.25, 0.3) is 0 Å². The van der Waals surface area contributed by atoms with Gasteiger partial charge in [-0.2, -0.15) is 0 Å². The standard InChI is InChI=1S/C20H25N3O/c1-16-6-5-7-19(14-16)22-20(24)21-18-10-8-17(9-11-18)15-23-12-3-2-4-13-23/h5-11,14H,2-4,12-13,15H2,1H3,(H2,21,22,24). The number of carbonyl (C=O) groups excluding carboxylic acids is 1. The molecule has 1 fully saturated rings. The summed E-state index contributed by atoms with van der Waals surface area (Å²) in [5, 5.41) is 5.73. The number of aryl methyl sites for hydroxylation is 1. The van der Waals surface area contributed by atoms with Crippen LogP contribution in [0.3, 0.4) is 0 Å². The van der Waals surface area contributed by atoms with Crippen LogP contribution in [-0.2, 0) is 6.54 Å². The van der Waals surface area contributed by atoms with Gasteiger partial charge in [0.2, 0.25) is 0 Å². The first-order valence-corrected chi connectivity index (χ1v) is 8.65. The molecule has 0 radical (unpaired) electrons. The minimum absolute atomic E-state index is 0.218. The van der Waals surface area contributed by atoms with Gasteiger partial charge < -0.3 is 10.6 Å². The number of amides is 2. The van der Waals surface area contributed by atoms with Crippen LogP contribution in [0.15, 0.2) is 48.5 Å². The minimum Gasteiger partial charge on any atom is -0.308 e. The number of hydrogen-bond acceptors (Lipinski definition) is 2. The molecule has 4 heteroatoms. The molecule has 0 aliphatic carbocycles. The summed E-state index contributed by atoms with van der Waals surface area (Å²) in [4.78, 5) is 14.6. The average Bonchev–Trinajstić information content (AvgIpc) is 2.57. The van der Waals surface area contributed by atoms with Crippen LogP contribution in [0.1, 0.15) is 30.4 Å². The molecule has 2 aromatic rings. The first kappa shape index (κ1) is 16.5. The van der Waals surface area contributed by atoms with Gasteiger partial charge in [-0.3, -0.25) is 4.90 Å². The molecule has 1 saturated heterocycles. The molecule has 2 amide bonds. The van der Waals surface area contributed by atoms with E-state index in [-0.39, 0.29) is 6.03 Å². The lowest BCUT2D eigenvalue weighted by atomic mass is 10.1. The van der Waals surface area contributed by atoms with E-state index in [9.17, 15) is 4.79 Å². The Bertz CT molecular complexity index is 676. The van der Waals surface area contributed by atoms with Crippen molar-refractivity contribution in [3.63, 3.8) is 0 Å². The Morgan fingerprint density at radius 2 is 1.67 bits per heavy atom. The molecule has 0 spiro atoms. The lowest BCUT2D eigenvalue weighted by molar-refractivity contribution is 0.221. The van der Waals surface area contributed by atoms with E-state index in [1.807, 2.05) is 43.3 Å². The van der Waals surface area contributed by atoms with Gasteiger partial charge in [-0.15, -0.1) is 0 Å². The Morgan fingerprint density at radius 3 is 2.38 bits per heavy atom. The van der Waals surface area contributed by atoms with Crippen LogP contribution in [0.2, 0.25) is 0 Å². The lowest BCUT2D eigenvalue weighted by Gasteiger charge is -2.26. The van der Waals surface area contributed by atoms with Gasteiger partial charge >= 0.3 is 6.03 Å². The molecular weight excluding hydrogens is 298 g/mol. The predicted octanol–water partition coefficient (Wildman–Crippen LogP) is 4.62. The molecule has 2 N–H and O–H groups in total. The van der Waals surface area contributed by atoms with Crippen LogP contribution in [0.4, 0.5) is 16.2 Å². The van der Waals surface area contributed by atoms with Crippen molar-refractivity contribution < 1.29 is 4.79 Å². The minimum atomic E-state index is -0.218. The number of hydrogen-bond donors (Lipinski definition) is 2. The third-order valence-electron chi connectivity index (χ3n) is 4.34. The number of carbonyl (C=O) groups is 1. The SMILES string of the molecule is Cc1cccc(NC(=O)Nc2ccc(CN3CCCCC3)cc2)c1. The maximum absolute atomic E-state index is 12.1. The molecule has 0 unspecified atom stereocenters. The maximum atomic E-state index is 12.1. The van der Waals surface area contributed by atoms with E-state index >= 15 is 0 Å². The zero-order chi connectivity index (χ0) is 16.8. The summed E-state index contributed by atoms with van der Waals surface area (Å²) in [6.45, 7) is 5.39. The van der Waals surface area contributed by atoms with Gasteiger partial charge in [0.05, 0.1) is 0 Å². The third kappa shape index (κ3) is 4.83. The number of nitrogens with one attached hydrogen (secondary N) is 2. The fraction of sp³-hybridized carbons (Fsp3) is 0.350. The van der Waals surface area contributed by atoms with Crippen LogP contribution < -0.4 is 10.6 Å². The van der Waals surface area contributed by atoms with Gasteiger partial charge in [0.15, 0.2) is 0 Å². The Morgan fingerprint density at radius 1 is 0.958 bits per heavy atom. The Labute approximate surface area is 143 Å². The van der Waals surface area contributed by atoms with Crippen LogP contribution in [0.5, 0.6) is 0 Å². The van der Waals surface area contributed by atoms with Crippen molar-refractivity contribution in [1.82, 2.24) is 4.90 Å². The monoisotopic (exact) mass is 323 g/mol. The number of anilines is 2. The second-order valence-corrected chi connectivity index (χ2v) is 6.48. The quantitative estimate of drug-likeness (QED) is 0.862. The highest BCUT2D eigenvalue weighted by Crippen LogP contribution is 2.16. The van der Waals surface area contributed by atoms with E-state index in [0.29, 0.717) is 0 Å². The summed E-state index contributed by atoms with van der Waals surface area (Å²) in [5.74, 6) is 0. The molecule has 1 aliphatic heterocycles. The fourth-order valence-corrected chi connectivity index (χ4v) is 3.09. The van der Waals surface area contributed by atoms with Crippen molar-refractivity contribution in [3.05, 3.63) is 59.7 Å². The second kappa shape index (κ2) is 7.97. The van der Waals surface area contributed by atoms with E-state index in [4.69, 9.17) is 0 Å². The van der Waals surface area contributed by atoms with Crippen LogP contribution in [-0.4, -0.2) is 24.0 Å². The topological polar surface area (TPSA) is 44.4 Å². The van der Waals surface area contributed by atoms with E-state index in [1.165, 1.54) is 37.9 Å². The summed E-state index contributed by atoms with van der Waals surface area (Å²) < 4.78 is 0. The largest absolute Gasteiger partial charge is 0.323 e. The van der Waals surface area contributed by atoms with E-state index in [2.05, 4.69) is 27.7 Å². The fourth-order valence-electron chi connectivity index (χ4n) is 3.09. The molecule has 1 aliphatic rings. The van der Waals surface area contributed by atoms with Crippen molar-refractivity contribution in [2.45, 2.75) is 32.7 Å². The molecule has 2 aromatic carbocycles. The molecule has 0 aromatic heterocycles. The number of piperidine rings is 1. The highest BCUT2D eigenvalue weighted by atomic mass is 16.2. The van der Waals surface area contributed by atoms with Crippen molar-refractivity contribution in [2.75, 3.05) is 23.7 Å². The maximum Gasteiger partial charge on any atom is 0.323 e. The molecule has 0 saturated carbocycles. The lowest BCUT2D eigenvalue weighted by Crippen LogP contribution is -2.29. The van der Waals surface area contributed by atoms with E-state index in [0.717, 1.165) is 23.5 Å². The molecule has 0 atom stereocenters. The number of benzene rings is 2. The number of urea groups is 1.